The van der Waals surface area contributed by atoms with Gasteiger partial charge in [0.25, 0.3) is 0 Å². The Bertz CT molecular complexity index is 554. The number of rotatable bonds is 6. The molecule has 0 bridgehead atoms. The van der Waals surface area contributed by atoms with Gasteiger partial charge in [-0.2, -0.15) is 0 Å². The fourth-order valence-corrected chi connectivity index (χ4v) is 3.96. The molecule has 9 nitrogen and oxygen atoms in total. The molecule has 1 aromatic heterocycles. The van der Waals surface area contributed by atoms with Crippen molar-refractivity contribution in [1.82, 2.24) is 9.55 Å². The fraction of sp³-hybridized carbons (Fsp3) is 0.750. The second-order valence-electron chi connectivity index (χ2n) is 4.87. The summed E-state index contributed by atoms with van der Waals surface area (Å²) in [6, 6.07) is -0.911. The van der Waals surface area contributed by atoms with E-state index in [1.807, 2.05) is 0 Å². The van der Waals surface area contributed by atoms with Gasteiger partial charge in [-0.3, -0.25) is 4.57 Å². The molecule has 4 atom stereocenters. The highest BCUT2D eigenvalue weighted by atomic mass is 31.2. The molecule has 0 saturated heterocycles. The van der Waals surface area contributed by atoms with Crippen LogP contribution >= 0.6 is 7.60 Å². The maximum absolute atomic E-state index is 12.7. The molecule has 0 aromatic carbocycles. The molecular weight excluding hydrogens is 315 g/mol. The van der Waals surface area contributed by atoms with E-state index in [-0.39, 0.29) is 24.5 Å². The SMILES string of the molecule is CCOP(=O)(OCC)c1cn2c(n1)[C@@H](O)[C@@H](O)[C@H](O)[C@H]2CO. The van der Waals surface area contributed by atoms with Crippen molar-refractivity contribution in [3.05, 3.63) is 12.0 Å². The first kappa shape index (κ1) is 17.6. The van der Waals surface area contributed by atoms with Crippen molar-refractivity contribution in [3.8, 4) is 0 Å². The topological polar surface area (TPSA) is 134 Å². The number of aliphatic hydroxyl groups excluding tert-OH is 4. The summed E-state index contributed by atoms with van der Waals surface area (Å²) in [5.41, 5.74) is -0.0370. The number of hydrogen-bond acceptors (Lipinski definition) is 8. The molecular formula is C12H21N2O7P. The van der Waals surface area contributed by atoms with Crippen LogP contribution in [0.4, 0.5) is 0 Å². The number of aliphatic hydroxyl groups is 4. The average molecular weight is 336 g/mol. The minimum Gasteiger partial charge on any atom is -0.394 e. The molecule has 4 N–H and O–H groups in total. The molecule has 0 saturated carbocycles. The van der Waals surface area contributed by atoms with Gasteiger partial charge in [-0.15, -0.1) is 0 Å². The number of aromatic nitrogens is 2. The smallest absolute Gasteiger partial charge is 0.381 e. The number of nitrogens with zero attached hydrogens (tertiary/aromatic N) is 2. The zero-order valence-electron chi connectivity index (χ0n) is 12.4. The van der Waals surface area contributed by atoms with Crippen molar-refractivity contribution in [2.24, 2.45) is 0 Å². The molecule has 0 radical (unpaired) electrons. The first-order valence-electron chi connectivity index (χ1n) is 7.03. The molecule has 0 unspecified atom stereocenters. The zero-order chi connectivity index (χ0) is 16.5. The summed E-state index contributed by atoms with van der Waals surface area (Å²) in [4.78, 5) is 4.04. The molecule has 0 amide bonds. The molecule has 0 aliphatic carbocycles. The lowest BCUT2D eigenvalue weighted by Crippen LogP contribution is -2.46. The molecule has 2 heterocycles. The number of hydrogen-bond donors (Lipinski definition) is 4. The maximum atomic E-state index is 12.7. The van der Waals surface area contributed by atoms with Crippen molar-refractivity contribution in [3.63, 3.8) is 0 Å². The Labute approximate surface area is 127 Å². The van der Waals surface area contributed by atoms with Gasteiger partial charge < -0.3 is 34.0 Å². The predicted molar refractivity (Wildman–Crippen MR) is 75.8 cm³/mol. The maximum Gasteiger partial charge on any atom is 0.381 e. The van der Waals surface area contributed by atoms with Crippen LogP contribution in [0.1, 0.15) is 31.8 Å². The third-order valence-electron chi connectivity index (χ3n) is 3.50. The highest BCUT2D eigenvalue weighted by molar-refractivity contribution is 7.61. The van der Waals surface area contributed by atoms with Crippen molar-refractivity contribution >= 4 is 13.0 Å². The summed E-state index contributed by atoms with van der Waals surface area (Å²) in [5.74, 6) is -0.00789. The average Bonchev–Trinajstić information content (AvgIpc) is 2.92. The largest absolute Gasteiger partial charge is 0.394 e. The quantitative estimate of drug-likeness (QED) is 0.490. The molecule has 1 aromatic rings. The van der Waals surface area contributed by atoms with E-state index in [1.54, 1.807) is 13.8 Å². The predicted octanol–water partition coefficient (Wildman–Crippen LogP) is -0.923. The van der Waals surface area contributed by atoms with Crippen LogP contribution in [0.5, 0.6) is 0 Å². The van der Waals surface area contributed by atoms with E-state index in [9.17, 15) is 25.0 Å². The van der Waals surface area contributed by atoms with Gasteiger partial charge in [-0.25, -0.2) is 4.98 Å². The Hall–Kier alpha value is -0.800. The second kappa shape index (κ2) is 6.76. The lowest BCUT2D eigenvalue weighted by Gasteiger charge is -2.35. The van der Waals surface area contributed by atoms with E-state index >= 15 is 0 Å². The van der Waals surface area contributed by atoms with Gasteiger partial charge in [0.15, 0.2) is 5.44 Å². The molecule has 10 heteroatoms. The van der Waals surface area contributed by atoms with Gasteiger partial charge in [0.1, 0.15) is 24.1 Å². The minimum absolute atomic E-state index is 0.00789. The fourth-order valence-electron chi connectivity index (χ4n) is 2.45. The zero-order valence-corrected chi connectivity index (χ0v) is 13.3. The summed E-state index contributed by atoms with van der Waals surface area (Å²) in [7, 11) is -3.67. The molecule has 0 spiro atoms. The Morgan fingerprint density at radius 1 is 1.23 bits per heavy atom. The van der Waals surface area contributed by atoms with Gasteiger partial charge >= 0.3 is 7.60 Å². The lowest BCUT2D eigenvalue weighted by molar-refractivity contribution is -0.108. The van der Waals surface area contributed by atoms with Crippen LogP contribution in [0.15, 0.2) is 6.20 Å². The number of fused-ring (bicyclic) bond motifs is 1. The van der Waals surface area contributed by atoms with Crippen molar-refractivity contribution in [2.75, 3.05) is 19.8 Å². The first-order chi connectivity index (χ1) is 10.4. The molecule has 2 rings (SSSR count). The van der Waals surface area contributed by atoms with Crippen LogP contribution < -0.4 is 5.44 Å². The first-order valence-corrected chi connectivity index (χ1v) is 8.57. The van der Waals surface area contributed by atoms with E-state index in [4.69, 9.17) is 9.05 Å². The van der Waals surface area contributed by atoms with Gasteiger partial charge in [0.05, 0.1) is 25.9 Å². The van der Waals surface area contributed by atoms with Gasteiger partial charge in [-0.1, -0.05) is 0 Å². The van der Waals surface area contributed by atoms with Gasteiger partial charge in [0, 0.05) is 6.20 Å². The van der Waals surface area contributed by atoms with Gasteiger partial charge in [0.2, 0.25) is 0 Å². The van der Waals surface area contributed by atoms with Crippen LogP contribution in [0, 0.1) is 0 Å². The summed E-state index contributed by atoms with van der Waals surface area (Å²) in [6.45, 7) is 3.09. The minimum atomic E-state index is -3.67. The summed E-state index contributed by atoms with van der Waals surface area (Å²) < 4.78 is 24.4. The van der Waals surface area contributed by atoms with E-state index in [0.717, 1.165) is 0 Å². The van der Waals surface area contributed by atoms with Crippen molar-refractivity contribution in [1.29, 1.82) is 0 Å². The van der Waals surface area contributed by atoms with Crippen LogP contribution in [-0.2, 0) is 13.6 Å². The summed E-state index contributed by atoms with van der Waals surface area (Å²) in [6.07, 6.45) is -3.05. The van der Waals surface area contributed by atoms with E-state index < -0.39 is 38.6 Å². The highest BCUT2D eigenvalue weighted by Crippen LogP contribution is 2.47. The molecule has 22 heavy (non-hydrogen) atoms. The van der Waals surface area contributed by atoms with Crippen LogP contribution in [-0.4, -0.2) is 62.0 Å². The highest BCUT2D eigenvalue weighted by Gasteiger charge is 2.43. The molecule has 126 valence electrons. The number of imidazole rings is 1. The Morgan fingerprint density at radius 3 is 2.32 bits per heavy atom. The van der Waals surface area contributed by atoms with Crippen LogP contribution in [0.3, 0.4) is 0 Å². The Balaban J connectivity index is 2.49. The van der Waals surface area contributed by atoms with E-state index in [1.165, 1.54) is 10.8 Å². The second-order valence-corrected chi connectivity index (χ2v) is 6.84. The monoisotopic (exact) mass is 336 g/mol. The molecule has 1 aliphatic heterocycles. The van der Waals surface area contributed by atoms with Crippen molar-refractivity contribution < 1.29 is 34.0 Å². The lowest BCUT2D eigenvalue weighted by atomic mass is 9.96. The third-order valence-corrected chi connectivity index (χ3v) is 5.48. The Kier molecular flexibility index (Phi) is 5.39. The normalized spacial score (nSPS) is 28.6. The summed E-state index contributed by atoms with van der Waals surface area (Å²) >= 11 is 0. The van der Waals surface area contributed by atoms with Crippen molar-refractivity contribution in [2.45, 2.75) is 38.2 Å². The Morgan fingerprint density at radius 2 is 1.82 bits per heavy atom. The van der Waals surface area contributed by atoms with E-state index in [0.29, 0.717) is 0 Å². The van der Waals surface area contributed by atoms with Gasteiger partial charge in [-0.05, 0) is 13.8 Å². The third kappa shape index (κ3) is 2.85. The molecule has 1 aliphatic rings. The standard InChI is InChI=1S/C12H21N2O7P/c1-3-20-22(19,21-4-2)8-5-14-7(6-15)9(16)10(17)11(18)12(14)13-8/h5,7,9-11,15-18H,3-4,6H2,1-2H3/t7-,9-,10+,11+/m1/s1. The summed E-state index contributed by atoms with van der Waals surface area (Å²) in [5, 5.41) is 39.1. The molecule has 0 fully saturated rings. The van der Waals surface area contributed by atoms with E-state index in [2.05, 4.69) is 4.98 Å². The van der Waals surface area contributed by atoms with Crippen LogP contribution in [0.25, 0.3) is 0 Å². The van der Waals surface area contributed by atoms with Crippen LogP contribution in [0.2, 0.25) is 0 Å².